The highest BCUT2D eigenvalue weighted by atomic mass is 16.5. The smallest absolute Gasteiger partial charge is 0.276 e. The Balaban J connectivity index is 1.49. The van der Waals surface area contributed by atoms with Crippen molar-refractivity contribution in [2.45, 2.75) is 70.1 Å². The third-order valence-electron chi connectivity index (χ3n) is 6.90. The summed E-state index contributed by atoms with van der Waals surface area (Å²) in [4.78, 5) is 21.4. The summed E-state index contributed by atoms with van der Waals surface area (Å²) >= 11 is 0. The zero-order valence-electron chi connectivity index (χ0n) is 15.8. The molecule has 0 saturated carbocycles. The van der Waals surface area contributed by atoms with E-state index in [9.17, 15) is 4.79 Å². The van der Waals surface area contributed by atoms with Crippen LogP contribution in [0.25, 0.3) is 0 Å². The lowest BCUT2D eigenvalue weighted by Gasteiger charge is -2.42. The highest BCUT2D eigenvalue weighted by Crippen LogP contribution is 2.38. The molecule has 6 heteroatoms. The maximum atomic E-state index is 11.7. The molecule has 2 N–H and O–H groups in total. The molecule has 0 aliphatic carbocycles. The van der Waals surface area contributed by atoms with E-state index in [-0.39, 0.29) is 0 Å². The second kappa shape index (κ2) is 7.25. The molecule has 0 radical (unpaired) electrons. The lowest BCUT2D eigenvalue weighted by molar-refractivity contribution is 0.0702. The molecule has 2 bridgehead atoms. The zero-order valence-corrected chi connectivity index (χ0v) is 15.8. The van der Waals surface area contributed by atoms with Crippen LogP contribution in [0, 0.1) is 5.92 Å². The molecule has 4 heterocycles. The van der Waals surface area contributed by atoms with E-state index < -0.39 is 5.91 Å². The summed E-state index contributed by atoms with van der Waals surface area (Å²) in [6.45, 7) is 4.26. The minimum absolute atomic E-state index is 0.429. The van der Waals surface area contributed by atoms with Crippen LogP contribution in [0.1, 0.15) is 60.6 Å². The largest absolute Gasteiger partial charge is 0.300 e. The fourth-order valence-corrected chi connectivity index (χ4v) is 5.37. The number of carbonyl (C=O) groups excluding carboxylic acids is 1. The van der Waals surface area contributed by atoms with Gasteiger partial charge in [-0.05, 0) is 56.7 Å². The molecular weight excluding hydrogens is 328 g/mol. The Hall–Kier alpha value is -1.50. The Labute approximate surface area is 155 Å². The molecule has 3 aliphatic rings. The SMILES string of the molecule is CC[C@@H]1Cc2ncc(C(=O)NO)cc2CN1CC1CC2CCC(C1)N2C. The summed E-state index contributed by atoms with van der Waals surface area (Å²) in [5, 5.41) is 8.88. The summed E-state index contributed by atoms with van der Waals surface area (Å²) in [6, 6.07) is 3.98. The van der Waals surface area contributed by atoms with Gasteiger partial charge in [-0.15, -0.1) is 0 Å². The Kier molecular flexibility index (Phi) is 4.99. The first-order chi connectivity index (χ1) is 12.6. The first kappa shape index (κ1) is 17.9. The molecule has 6 nitrogen and oxygen atoms in total. The number of fused-ring (bicyclic) bond motifs is 3. The molecule has 142 valence electrons. The van der Waals surface area contributed by atoms with Crippen LogP contribution in [0.5, 0.6) is 0 Å². The number of hydroxylamine groups is 1. The Morgan fingerprint density at radius 2 is 2.08 bits per heavy atom. The lowest BCUT2D eigenvalue weighted by Crippen LogP contribution is -2.47. The molecule has 2 fully saturated rings. The van der Waals surface area contributed by atoms with Gasteiger partial charge in [-0.2, -0.15) is 0 Å². The number of rotatable bonds is 4. The third-order valence-corrected chi connectivity index (χ3v) is 6.90. The topological polar surface area (TPSA) is 68.7 Å². The van der Waals surface area contributed by atoms with Crippen molar-refractivity contribution in [2.75, 3.05) is 13.6 Å². The third kappa shape index (κ3) is 3.26. The van der Waals surface area contributed by atoms with Gasteiger partial charge in [-0.3, -0.25) is 19.9 Å². The fourth-order valence-electron chi connectivity index (χ4n) is 5.37. The predicted octanol–water partition coefficient (Wildman–Crippen LogP) is 2.21. The monoisotopic (exact) mass is 358 g/mol. The number of pyridine rings is 1. The van der Waals surface area contributed by atoms with E-state index in [0.29, 0.717) is 11.6 Å². The maximum absolute atomic E-state index is 11.7. The molecule has 1 amide bonds. The van der Waals surface area contributed by atoms with Gasteiger partial charge in [0.25, 0.3) is 5.91 Å². The van der Waals surface area contributed by atoms with Crippen molar-refractivity contribution in [3.8, 4) is 0 Å². The standard InChI is InChI=1S/C20H30N4O2/c1-3-16-9-19-15(8-14(10-21-19)20(25)22-26)12-24(16)11-13-6-17-4-5-18(7-13)23(17)2/h8,10,13,16-18,26H,3-7,9,11-12H2,1-2H3,(H,22,25)/t13?,16-,17?,18?/m1/s1. The quantitative estimate of drug-likeness (QED) is 0.638. The van der Waals surface area contributed by atoms with E-state index >= 15 is 0 Å². The second-order valence-corrected chi connectivity index (χ2v) is 8.35. The van der Waals surface area contributed by atoms with Crippen LogP contribution >= 0.6 is 0 Å². The number of hydrogen-bond donors (Lipinski definition) is 2. The van der Waals surface area contributed by atoms with Gasteiger partial charge < -0.3 is 4.90 Å². The number of nitrogens with zero attached hydrogens (tertiary/aromatic N) is 3. The first-order valence-electron chi connectivity index (χ1n) is 9.97. The lowest BCUT2D eigenvalue weighted by atomic mass is 9.88. The first-order valence-corrected chi connectivity index (χ1v) is 9.97. The summed E-state index contributed by atoms with van der Waals surface area (Å²) in [6.07, 6.45) is 9.01. The van der Waals surface area contributed by atoms with Crippen LogP contribution in [-0.2, 0) is 13.0 Å². The Bertz CT molecular complexity index is 666. The van der Waals surface area contributed by atoms with Crippen molar-refractivity contribution in [2.24, 2.45) is 5.92 Å². The minimum atomic E-state index is -0.489. The van der Waals surface area contributed by atoms with Crippen LogP contribution in [0.15, 0.2) is 12.3 Å². The molecule has 26 heavy (non-hydrogen) atoms. The number of hydrogen-bond acceptors (Lipinski definition) is 5. The molecule has 3 atom stereocenters. The highest BCUT2D eigenvalue weighted by molar-refractivity contribution is 5.93. The number of aromatic nitrogens is 1. The summed E-state index contributed by atoms with van der Waals surface area (Å²) < 4.78 is 0. The molecule has 2 unspecified atom stereocenters. The predicted molar refractivity (Wildman–Crippen MR) is 99.0 cm³/mol. The van der Waals surface area contributed by atoms with E-state index in [1.54, 1.807) is 11.7 Å². The van der Waals surface area contributed by atoms with E-state index in [2.05, 4.69) is 28.8 Å². The molecular formula is C20H30N4O2. The molecule has 2 saturated heterocycles. The Morgan fingerprint density at radius 3 is 2.73 bits per heavy atom. The van der Waals surface area contributed by atoms with E-state index in [1.165, 1.54) is 25.7 Å². The summed E-state index contributed by atoms with van der Waals surface area (Å²) in [5.41, 5.74) is 4.37. The average Bonchev–Trinajstić information content (AvgIpc) is 2.87. The van der Waals surface area contributed by atoms with Gasteiger partial charge in [0.2, 0.25) is 0 Å². The van der Waals surface area contributed by atoms with Crippen LogP contribution in [0.4, 0.5) is 0 Å². The summed E-state index contributed by atoms with van der Waals surface area (Å²) in [7, 11) is 2.30. The second-order valence-electron chi connectivity index (χ2n) is 8.35. The van der Waals surface area contributed by atoms with Crippen molar-refractivity contribution in [1.29, 1.82) is 0 Å². The molecule has 3 aliphatic heterocycles. The zero-order chi connectivity index (χ0) is 18.3. The minimum Gasteiger partial charge on any atom is -0.300 e. The molecule has 1 aromatic heterocycles. The van der Waals surface area contributed by atoms with Gasteiger partial charge >= 0.3 is 0 Å². The van der Waals surface area contributed by atoms with Gasteiger partial charge in [0.05, 0.1) is 5.56 Å². The average molecular weight is 358 g/mol. The molecule has 4 rings (SSSR count). The van der Waals surface area contributed by atoms with Crippen LogP contribution in [0.3, 0.4) is 0 Å². The van der Waals surface area contributed by atoms with Gasteiger partial charge in [0.1, 0.15) is 0 Å². The summed E-state index contributed by atoms with van der Waals surface area (Å²) in [5.74, 6) is 0.285. The number of nitrogens with one attached hydrogen (secondary N) is 1. The van der Waals surface area contributed by atoms with E-state index in [0.717, 1.165) is 55.2 Å². The number of piperidine rings is 1. The van der Waals surface area contributed by atoms with Gasteiger partial charge in [0.15, 0.2) is 0 Å². The molecule has 1 aromatic rings. The maximum Gasteiger partial charge on any atom is 0.276 e. The fraction of sp³-hybridized carbons (Fsp3) is 0.700. The molecule has 0 spiro atoms. The van der Waals surface area contributed by atoms with Crippen molar-refractivity contribution in [3.63, 3.8) is 0 Å². The normalized spacial score (nSPS) is 31.7. The van der Waals surface area contributed by atoms with Crippen molar-refractivity contribution in [3.05, 3.63) is 29.1 Å². The van der Waals surface area contributed by atoms with Crippen LogP contribution in [-0.4, -0.2) is 57.6 Å². The van der Waals surface area contributed by atoms with Crippen molar-refractivity contribution in [1.82, 2.24) is 20.3 Å². The van der Waals surface area contributed by atoms with Gasteiger partial charge in [-0.25, -0.2) is 5.48 Å². The van der Waals surface area contributed by atoms with Gasteiger partial charge in [-0.1, -0.05) is 6.92 Å². The van der Waals surface area contributed by atoms with Crippen molar-refractivity contribution >= 4 is 5.91 Å². The number of amides is 1. The van der Waals surface area contributed by atoms with Crippen LogP contribution in [0.2, 0.25) is 0 Å². The van der Waals surface area contributed by atoms with E-state index in [4.69, 9.17) is 5.21 Å². The highest BCUT2D eigenvalue weighted by Gasteiger charge is 2.39. The van der Waals surface area contributed by atoms with Crippen LogP contribution < -0.4 is 5.48 Å². The number of carbonyl (C=O) groups is 1. The van der Waals surface area contributed by atoms with Crippen molar-refractivity contribution < 1.29 is 10.0 Å². The molecule has 0 aromatic carbocycles. The van der Waals surface area contributed by atoms with Gasteiger partial charge in [0, 0.05) is 49.5 Å². The Morgan fingerprint density at radius 1 is 1.35 bits per heavy atom. The van der Waals surface area contributed by atoms with E-state index in [1.807, 2.05) is 6.07 Å².